The summed E-state index contributed by atoms with van der Waals surface area (Å²) in [5, 5.41) is 12.7. The first-order chi connectivity index (χ1) is 18.1. The number of allylic oxidation sites excluding steroid dienone is 5. The van der Waals surface area contributed by atoms with Crippen LogP contribution in [0.2, 0.25) is 0 Å². The summed E-state index contributed by atoms with van der Waals surface area (Å²) in [4.78, 5) is 2.36. The van der Waals surface area contributed by atoms with Crippen molar-refractivity contribution in [2.24, 2.45) is 0 Å². The maximum absolute atomic E-state index is 10.4. The normalized spacial score (nSPS) is 16.1. The molecule has 204 valence electrons. The highest BCUT2D eigenvalue weighted by Gasteiger charge is 2.25. The Hall–Kier alpha value is -3.07. The Balaban J connectivity index is 1.95. The summed E-state index contributed by atoms with van der Waals surface area (Å²) in [6.07, 6.45) is 7.46. The summed E-state index contributed by atoms with van der Waals surface area (Å²) >= 11 is 0. The van der Waals surface area contributed by atoms with Crippen LogP contribution in [0.5, 0.6) is 0 Å². The van der Waals surface area contributed by atoms with Crippen molar-refractivity contribution in [3.8, 4) is 6.07 Å². The van der Waals surface area contributed by atoms with E-state index in [0.29, 0.717) is 24.4 Å². The van der Waals surface area contributed by atoms with Gasteiger partial charge in [0.15, 0.2) is 0 Å². The van der Waals surface area contributed by atoms with E-state index in [1.807, 2.05) is 25.2 Å². The van der Waals surface area contributed by atoms with Gasteiger partial charge in [-0.05, 0) is 88.6 Å². The molecule has 1 saturated heterocycles. The smallest absolute Gasteiger partial charge is 0.134 e. The van der Waals surface area contributed by atoms with Gasteiger partial charge < -0.3 is 19.1 Å². The standard InChI is InChI=1S/C33H44N2O3/c1-8-10-29(30(24-34)31(11-9-2)38-33(6,7)16-19-37-32(3,4)5)27-13-12-26-23-28(15-14-25(26)22-27)35-17-20-36-21-18-35/h8,10-15,22-23H,9,16-21H2,1-7H3/b10-8-,30-29+,31-11-. The fraction of sp³-hybridized carbons (Fsp3) is 0.485. The Morgan fingerprint density at radius 1 is 1.05 bits per heavy atom. The van der Waals surface area contributed by atoms with E-state index >= 15 is 0 Å². The first-order valence-corrected chi connectivity index (χ1v) is 13.7. The van der Waals surface area contributed by atoms with Crippen LogP contribution in [0.4, 0.5) is 5.69 Å². The highest BCUT2D eigenvalue weighted by molar-refractivity contribution is 5.92. The van der Waals surface area contributed by atoms with Crippen molar-refractivity contribution in [2.75, 3.05) is 37.8 Å². The lowest BCUT2D eigenvalue weighted by molar-refractivity contribution is -0.0441. The highest BCUT2D eigenvalue weighted by Crippen LogP contribution is 2.33. The van der Waals surface area contributed by atoms with Gasteiger partial charge in [0.1, 0.15) is 23.0 Å². The van der Waals surface area contributed by atoms with Crippen molar-refractivity contribution in [2.45, 2.75) is 72.5 Å². The summed E-state index contributed by atoms with van der Waals surface area (Å²) in [7, 11) is 0. The molecule has 2 aromatic carbocycles. The van der Waals surface area contributed by atoms with Gasteiger partial charge in [-0.1, -0.05) is 37.3 Å². The maximum atomic E-state index is 10.4. The van der Waals surface area contributed by atoms with Gasteiger partial charge in [-0.25, -0.2) is 0 Å². The average Bonchev–Trinajstić information content (AvgIpc) is 2.87. The average molecular weight is 517 g/mol. The molecule has 0 aromatic heterocycles. The molecule has 2 aromatic rings. The molecule has 0 bridgehead atoms. The third-order valence-corrected chi connectivity index (χ3v) is 6.49. The van der Waals surface area contributed by atoms with E-state index in [-0.39, 0.29) is 5.60 Å². The Morgan fingerprint density at radius 2 is 1.74 bits per heavy atom. The summed E-state index contributed by atoms with van der Waals surface area (Å²) in [5.41, 5.74) is 2.91. The largest absolute Gasteiger partial charge is 0.487 e. The van der Waals surface area contributed by atoms with Crippen LogP contribution in [-0.4, -0.2) is 44.1 Å². The van der Waals surface area contributed by atoms with E-state index < -0.39 is 5.60 Å². The van der Waals surface area contributed by atoms with Gasteiger partial charge in [0.05, 0.1) is 25.4 Å². The zero-order valence-electron chi connectivity index (χ0n) is 24.3. The Kier molecular flexibility index (Phi) is 10.2. The van der Waals surface area contributed by atoms with Gasteiger partial charge in [-0.3, -0.25) is 0 Å². The van der Waals surface area contributed by atoms with Crippen LogP contribution in [0.3, 0.4) is 0 Å². The molecule has 38 heavy (non-hydrogen) atoms. The van der Waals surface area contributed by atoms with Crippen molar-refractivity contribution >= 4 is 22.0 Å². The van der Waals surface area contributed by atoms with Crippen LogP contribution >= 0.6 is 0 Å². The minimum atomic E-state index is -0.491. The third kappa shape index (κ3) is 8.21. The van der Waals surface area contributed by atoms with Gasteiger partial charge in [0.2, 0.25) is 0 Å². The van der Waals surface area contributed by atoms with Crippen molar-refractivity contribution in [3.63, 3.8) is 0 Å². The fourth-order valence-corrected chi connectivity index (χ4v) is 4.49. The first kappa shape index (κ1) is 29.5. The zero-order chi connectivity index (χ0) is 27.8. The van der Waals surface area contributed by atoms with Gasteiger partial charge in [0, 0.05) is 30.8 Å². The van der Waals surface area contributed by atoms with Crippen LogP contribution in [0, 0.1) is 11.3 Å². The van der Waals surface area contributed by atoms with Gasteiger partial charge in [-0.15, -0.1) is 0 Å². The molecule has 0 spiro atoms. The van der Waals surface area contributed by atoms with Crippen molar-refractivity contribution < 1.29 is 14.2 Å². The molecule has 1 fully saturated rings. The molecule has 3 rings (SSSR count). The van der Waals surface area contributed by atoms with E-state index in [1.54, 1.807) is 0 Å². The van der Waals surface area contributed by atoms with Crippen molar-refractivity contribution in [3.05, 3.63) is 71.5 Å². The van der Waals surface area contributed by atoms with E-state index in [2.05, 4.69) is 88.9 Å². The molecule has 1 aliphatic heterocycles. The van der Waals surface area contributed by atoms with E-state index in [4.69, 9.17) is 14.2 Å². The molecule has 5 heteroatoms. The molecule has 0 N–H and O–H groups in total. The number of hydrogen-bond donors (Lipinski definition) is 0. The fourth-order valence-electron chi connectivity index (χ4n) is 4.49. The number of anilines is 1. The Morgan fingerprint density at radius 3 is 2.37 bits per heavy atom. The molecule has 0 atom stereocenters. The second-order valence-corrected chi connectivity index (χ2v) is 11.3. The molecule has 1 heterocycles. The van der Waals surface area contributed by atoms with E-state index in [1.165, 1.54) is 11.1 Å². The first-order valence-electron chi connectivity index (χ1n) is 13.7. The number of fused-ring (bicyclic) bond motifs is 1. The third-order valence-electron chi connectivity index (χ3n) is 6.49. The minimum Gasteiger partial charge on any atom is -0.487 e. The number of morpholine rings is 1. The summed E-state index contributed by atoms with van der Waals surface area (Å²) < 4.78 is 18.0. The van der Waals surface area contributed by atoms with Gasteiger partial charge >= 0.3 is 0 Å². The van der Waals surface area contributed by atoms with Crippen LogP contribution in [0.25, 0.3) is 16.3 Å². The summed E-state index contributed by atoms with van der Waals surface area (Å²) in [6.45, 7) is 18.2. The number of benzene rings is 2. The molecular formula is C33H44N2O3. The van der Waals surface area contributed by atoms with E-state index in [9.17, 15) is 5.26 Å². The second-order valence-electron chi connectivity index (χ2n) is 11.3. The minimum absolute atomic E-state index is 0.200. The number of rotatable bonds is 10. The van der Waals surface area contributed by atoms with Crippen LogP contribution in [-0.2, 0) is 14.2 Å². The molecule has 0 aliphatic carbocycles. The van der Waals surface area contributed by atoms with Crippen LogP contribution in [0.1, 0.15) is 66.9 Å². The molecule has 5 nitrogen and oxygen atoms in total. The number of hydrogen-bond acceptors (Lipinski definition) is 5. The molecule has 0 amide bonds. The lowest BCUT2D eigenvalue weighted by atomic mass is 9.95. The molecule has 0 radical (unpaired) electrons. The lowest BCUT2D eigenvalue weighted by Gasteiger charge is -2.30. The number of nitriles is 1. The van der Waals surface area contributed by atoms with E-state index in [0.717, 1.165) is 49.2 Å². The van der Waals surface area contributed by atoms with Crippen molar-refractivity contribution in [1.82, 2.24) is 0 Å². The second kappa shape index (κ2) is 13.1. The monoisotopic (exact) mass is 516 g/mol. The van der Waals surface area contributed by atoms with Crippen LogP contribution in [0.15, 0.2) is 66.0 Å². The zero-order valence-corrected chi connectivity index (χ0v) is 24.3. The predicted octanol–water partition coefficient (Wildman–Crippen LogP) is 7.82. The van der Waals surface area contributed by atoms with Gasteiger partial charge in [0.25, 0.3) is 0 Å². The number of ether oxygens (including phenoxy) is 3. The maximum Gasteiger partial charge on any atom is 0.134 e. The lowest BCUT2D eigenvalue weighted by Crippen LogP contribution is -2.36. The quantitative estimate of drug-likeness (QED) is 0.183. The molecule has 1 aliphatic rings. The molecule has 0 saturated carbocycles. The Bertz CT molecular complexity index is 1220. The molecular weight excluding hydrogens is 472 g/mol. The van der Waals surface area contributed by atoms with Crippen molar-refractivity contribution in [1.29, 1.82) is 5.26 Å². The van der Waals surface area contributed by atoms with Crippen LogP contribution < -0.4 is 4.90 Å². The summed E-state index contributed by atoms with van der Waals surface area (Å²) in [6, 6.07) is 15.4. The predicted molar refractivity (Wildman–Crippen MR) is 158 cm³/mol. The SMILES string of the molecule is C\C=C/C(=C(C#N)\C(=C\CC)OC(C)(C)CCOC(C)(C)C)c1ccc2cc(N3CCOCC3)ccc2c1. The highest BCUT2D eigenvalue weighted by atomic mass is 16.5. The topological polar surface area (TPSA) is 54.7 Å². The Labute approximate surface area is 229 Å². The van der Waals surface area contributed by atoms with Gasteiger partial charge in [-0.2, -0.15) is 5.26 Å². The molecule has 0 unspecified atom stereocenters. The number of nitrogens with zero attached hydrogens (tertiary/aromatic N) is 2. The summed E-state index contributed by atoms with van der Waals surface area (Å²) in [5.74, 6) is 0.617.